The highest BCUT2D eigenvalue weighted by Gasteiger charge is 1.88. The molecule has 0 aliphatic rings. The molecule has 84 valence electrons. The van der Waals surface area contributed by atoms with E-state index in [1.165, 1.54) is 12.8 Å². The van der Waals surface area contributed by atoms with Crippen molar-refractivity contribution in [1.82, 2.24) is 9.97 Å². The number of rotatable bonds is 1. The molecule has 0 atom stereocenters. The highest BCUT2D eigenvalue weighted by atomic mass is 14.9. The monoisotopic (exact) mass is 206 g/mol. The van der Waals surface area contributed by atoms with Gasteiger partial charge in [0.05, 0.1) is 17.4 Å². The number of hydrogen-bond acceptors (Lipinski definition) is 1. The molecule has 1 heterocycles. The number of aromatic amines is 1. The minimum Gasteiger partial charge on any atom is -0.345 e. The maximum Gasteiger partial charge on any atom is 0.0931 e. The van der Waals surface area contributed by atoms with Crippen molar-refractivity contribution in [2.45, 2.75) is 40.5 Å². The first kappa shape index (κ1) is 13.7. The molecule has 0 aliphatic heterocycles. The van der Waals surface area contributed by atoms with Gasteiger partial charge in [0.15, 0.2) is 0 Å². The van der Waals surface area contributed by atoms with E-state index in [1.807, 2.05) is 38.1 Å². The number of aromatic nitrogens is 2. The zero-order valence-electron chi connectivity index (χ0n) is 10.2. The number of para-hydroxylation sites is 2. The van der Waals surface area contributed by atoms with Crippen LogP contribution in [-0.2, 0) is 0 Å². The van der Waals surface area contributed by atoms with E-state index in [-0.39, 0.29) is 0 Å². The van der Waals surface area contributed by atoms with Crippen molar-refractivity contribution >= 4 is 11.0 Å². The molecule has 0 spiro atoms. The quantitative estimate of drug-likeness (QED) is 0.736. The van der Waals surface area contributed by atoms with Gasteiger partial charge in [-0.15, -0.1) is 0 Å². The van der Waals surface area contributed by atoms with Crippen LogP contribution in [0.15, 0.2) is 30.6 Å². The van der Waals surface area contributed by atoms with Gasteiger partial charge in [-0.25, -0.2) is 4.98 Å². The lowest BCUT2D eigenvalue weighted by Crippen LogP contribution is -1.63. The predicted octanol–water partition coefficient (Wildman–Crippen LogP) is 4.40. The van der Waals surface area contributed by atoms with E-state index in [1.54, 1.807) is 6.33 Å². The number of nitrogens with zero attached hydrogens (tertiary/aromatic N) is 1. The average molecular weight is 206 g/mol. The lowest BCUT2D eigenvalue weighted by Gasteiger charge is -1.81. The molecular formula is C13H22N2. The maximum atomic E-state index is 4.06. The second kappa shape index (κ2) is 9.25. The first-order chi connectivity index (χ1) is 7.38. The van der Waals surface area contributed by atoms with Crippen LogP contribution < -0.4 is 0 Å². The van der Waals surface area contributed by atoms with Crippen LogP contribution in [0, 0.1) is 0 Å². The minimum absolute atomic E-state index is 1.03. The van der Waals surface area contributed by atoms with E-state index < -0.39 is 0 Å². The SMILES string of the molecule is CC.CCCC.c1ccc2[nH]cnc2c1. The molecule has 0 unspecified atom stereocenters. The van der Waals surface area contributed by atoms with Crippen molar-refractivity contribution in [3.05, 3.63) is 30.6 Å². The summed E-state index contributed by atoms with van der Waals surface area (Å²) in [6.45, 7) is 8.36. The number of imidazole rings is 1. The van der Waals surface area contributed by atoms with Gasteiger partial charge < -0.3 is 4.98 Å². The second-order valence-corrected chi connectivity index (χ2v) is 2.92. The Kier molecular flexibility index (Phi) is 8.44. The molecule has 0 fully saturated rings. The van der Waals surface area contributed by atoms with Crippen LogP contribution in [0.3, 0.4) is 0 Å². The fourth-order valence-electron chi connectivity index (χ4n) is 0.880. The first-order valence-electron chi connectivity index (χ1n) is 5.76. The molecule has 1 aromatic carbocycles. The van der Waals surface area contributed by atoms with Gasteiger partial charge in [-0.3, -0.25) is 0 Å². The zero-order chi connectivity index (χ0) is 11.5. The van der Waals surface area contributed by atoms with Crippen LogP contribution in [0.4, 0.5) is 0 Å². The van der Waals surface area contributed by atoms with Gasteiger partial charge in [-0.2, -0.15) is 0 Å². The third-order valence-electron chi connectivity index (χ3n) is 1.83. The Morgan fingerprint density at radius 3 is 2.20 bits per heavy atom. The molecular weight excluding hydrogens is 184 g/mol. The number of fused-ring (bicyclic) bond motifs is 1. The van der Waals surface area contributed by atoms with Gasteiger partial charge in [-0.05, 0) is 12.1 Å². The van der Waals surface area contributed by atoms with Crippen molar-refractivity contribution in [2.75, 3.05) is 0 Å². The van der Waals surface area contributed by atoms with Crippen molar-refractivity contribution in [1.29, 1.82) is 0 Å². The number of nitrogens with one attached hydrogen (secondary N) is 1. The molecule has 2 heteroatoms. The smallest absolute Gasteiger partial charge is 0.0931 e. The van der Waals surface area contributed by atoms with E-state index in [4.69, 9.17) is 0 Å². The Balaban J connectivity index is 0.000000282. The van der Waals surface area contributed by atoms with Gasteiger partial charge in [0.1, 0.15) is 0 Å². The van der Waals surface area contributed by atoms with Gasteiger partial charge >= 0.3 is 0 Å². The predicted molar refractivity (Wildman–Crippen MR) is 68.0 cm³/mol. The summed E-state index contributed by atoms with van der Waals surface area (Å²) in [6, 6.07) is 7.94. The summed E-state index contributed by atoms with van der Waals surface area (Å²) in [5.74, 6) is 0. The lowest BCUT2D eigenvalue weighted by atomic mass is 10.3. The van der Waals surface area contributed by atoms with Gasteiger partial charge in [-0.1, -0.05) is 52.7 Å². The van der Waals surface area contributed by atoms with Crippen LogP contribution in [-0.4, -0.2) is 9.97 Å². The van der Waals surface area contributed by atoms with Crippen molar-refractivity contribution < 1.29 is 0 Å². The highest BCUT2D eigenvalue weighted by molar-refractivity contribution is 5.73. The lowest BCUT2D eigenvalue weighted by molar-refractivity contribution is 0.886. The third kappa shape index (κ3) is 5.21. The molecule has 2 rings (SSSR count). The molecule has 0 amide bonds. The molecule has 0 radical (unpaired) electrons. The van der Waals surface area contributed by atoms with E-state index >= 15 is 0 Å². The van der Waals surface area contributed by atoms with Gasteiger partial charge in [0, 0.05) is 0 Å². The summed E-state index contributed by atoms with van der Waals surface area (Å²) < 4.78 is 0. The summed E-state index contributed by atoms with van der Waals surface area (Å²) in [5.41, 5.74) is 2.12. The van der Waals surface area contributed by atoms with Crippen LogP contribution in [0.2, 0.25) is 0 Å². The fraction of sp³-hybridized carbons (Fsp3) is 0.462. The maximum absolute atomic E-state index is 4.06. The van der Waals surface area contributed by atoms with Crippen molar-refractivity contribution in [2.24, 2.45) is 0 Å². The Bertz CT molecular complexity index is 307. The molecule has 0 saturated heterocycles. The third-order valence-corrected chi connectivity index (χ3v) is 1.83. The first-order valence-corrected chi connectivity index (χ1v) is 5.76. The topological polar surface area (TPSA) is 28.7 Å². The van der Waals surface area contributed by atoms with Gasteiger partial charge in [0.2, 0.25) is 0 Å². The highest BCUT2D eigenvalue weighted by Crippen LogP contribution is 2.05. The molecule has 2 aromatic rings. The molecule has 0 saturated carbocycles. The Morgan fingerprint density at radius 1 is 1.07 bits per heavy atom. The summed E-state index contributed by atoms with van der Waals surface area (Å²) in [5, 5.41) is 0. The Morgan fingerprint density at radius 2 is 1.67 bits per heavy atom. The van der Waals surface area contributed by atoms with Crippen molar-refractivity contribution in [3.63, 3.8) is 0 Å². The normalized spacial score (nSPS) is 8.53. The number of H-pyrrole nitrogens is 1. The molecule has 15 heavy (non-hydrogen) atoms. The molecule has 2 nitrogen and oxygen atoms in total. The summed E-state index contributed by atoms with van der Waals surface area (Å²) in [4.78, 5) is 7.07. The van der Waals surface area contributed by atoms with E-state index in [0.717, 1.165) is 11.0 Å². The second-order valence-electron chi connectivity index (χ2n) is 2.92. The molecule has 1 aromatic heterocycles. The Labute approximate surface area is 92.7 Å². The van der Waals surface area contributed by atoms with E-state index in [0.29, 0.717) is 0 Å². The minimum atomic E-state index is 1.03. The zero-order valence-corrected chi connectivity index (χ0v) is 10.2. The van der Waals surface area contributed by atoms with Crippen LogP contribution in [0.25, 0.3) is 11.0 Å². The van der Waals surface area contributed by atoms with Gasteiger partial charge in [0.25, 0.3) is 0 Å². The largest absolute Gasteiger partial charge is 0.345 e. The number of hydrogen-bond donors (Lipinski definition) is 1. The molecule has 0 bridgehead atoms. The number of unbranched alkanes of at least 4 members (excludes halogenated alkanes) is 1. The number of benzene rings is 1. The van der Waals surface area contributed by atoms with E-state index in [9.17, 15) is 0 Å². The van der Waals surface area contributed by atoms with Crippen LogP contribution in [0.1, 0.15) is 40.5 Å². The van der Waals surface area contributed by atoms with Crippen LogP contribution >= 0.6 is 0 Å². The molecule has 1 N–H and O–H groups in total. The van der Waals surface area contributed by atoms with Crippen molar-refractivity contribution in [3.8, 4) is 0 Å². The summed E-state index contributed by atoms with van der Waals surface area (Å²) in [7, 11) is 0. The molecule has 0 aliphatic carbocycles. The Hall–Kier alpha value is -1.31. The summed E-state index contributed by atoms with van der Waals surface area (Å²) >= 11 is 0. The standard InChI is InChI=1S/C7H6N2.C4H10.C2H6/c1-2-4-7-6(3-1)8-5-9-7;1-3-4-2;1-2/h1-5H,(H,8,9);3-4H2,1-2H3;1-2H3. The summed E-state index contributed by atoms with van der Waals surface area (Å²) in [6.07, 6.45) is 4.34. The fourth-order valence-corrected chi connectivity index (χ4v) is 0.880. The average Bonchev–Trinajstić information content (AvgIpc) is 2.80. The van der Waals surface area contributed by atoms with E-state index in [2.05, 4.69) is 23.8 Å². The van der Waals surface area contributed by atoms with Crippen LogP contribution in [0.5, 0.6) is 0 Å².